The molecule has 0 amide bonds. The fourth-order valence-electron chi connectivity index (χ4n) is 3.75. The summed E-state index contributed by atoms with van der Waals surface area (Å²) >= 11 is 1.47. The van der Waals surface area contributed by atoms with E-state index in [1.807, 2.05) is 48.4 Å². The Morgan fingerprint density at radius 1 is 1.13 bits per heavy atom. The summed E-state index contributed by atoms with van der Waals surface area (Å²) < 4.78 is 7.41. The van der Waals surface area contributed by atoms with E-state index < -0.39 is 5.97 Å². The van der Waals surface area contributed by atoms with Crippen LogP contribution in [0.3, 0.4) is 0 Å². The number of nitrogens with one attached hydrogen (secondary N) is 1. The number of hydrogen-bond donors (Lipinski definition) is 2. The lowest BCUT2D eigenvalue weighted by atomic mass is 10.1. The van der Waals surface area contributed by atoms with Crippen molar-refractivity contribution >= 4 is 23.6 Å². The number of carbonyl (C=O) groups is 1. The van der Waals surface area contributed by atoms with Crippen LogP contribution >= 0.6 is 11.9 Å². The topological polar surface area (TPSA) is 72.1 Å². The molecule has 2 aromatic heterocycles. The van der Waals surface area contributed by atoms with Gasteiger partial charge in [-0.3, -0.25) is 4.68 Å². The molecule has 1 saturated carbocycles. The SMILES string of the molecule is Cn1nccc1-c1ccc(-n2cccc2)c(NSc2cc(C(=O)O)ccc2C2CC2)c1. The number of hydrogen-bond acceptors (Lipinski definition) is 4. The first kappa shape index (κ1) is 19.5. The van der Waals surface area contributed by atoms with Crippen molar-refractivity contribution in [2.24, 2.45) is 7.05 Å². The molecule has 0 bridgehead atoms. The highest BCUT2D eigenvalue weighted by Gasteiger charge is 2.27. The molecule has 0 saturated heterocycles. The fraction of sp³-hybridized carbons (Fsp3) is 0.167. The number of aromatic nitrogens is 3. The van der Waals surface area contributed by atoms with Gasteiger partial charge in [-0.1, -0.05) is 12.1 Å². The molecule has 0 aliphatic heterocycles. The average Bonchev–Trinajstić information content (AvgIpc) is 3.29. The van der Waals surface area contributed by atoms with Crippen LogP contribution in [0.2, 0.25) is 0 Å². The Balaban J connectivity index is 1.51. The van der Waals surface area contributed by atoms with E-state index in [2.05, 4.69) is 32.6 Å². The van der Waals surface area contributed by atoms with E-state index in [0.29, 0.717) is 11.5 Å². The first-order valence-corrected chi connectivity index (χ1v) is 11.0. The third kappa shape index (κ3) is 3.96. The zero-order valence-corrected chi connectivity index (χ0v) is 17.8. The van der Waals surface area contributed by atoms with Crippen molar-refractivity contribution in [1.29, 1.82) is 0 Å². The zero-order chi connectivity index (χ0) is 21.4. The van der Waals surface area contributed by atoms with Crippen molar-refractivity contribution in [3.05, 3.63) is 84.3 Å². The maximum absolute atomic E-state index is 11.5. The van der Waals surface area contributed by atoms with Crippen molar-refractivity contribution in [2.75, 3.05) is 4.72 Å². The Morgan fingerprint density at radius 2 is 1.94 bits per heavy atom. The summed E-state index contributed by atoms with van der Waals surface area (Å²) in [5.74, 6) is -0.382. The van der Waals surface area contributed by atoms with Gasteiger partial charge in [-0.15, -0.1) is 0 Å². The molecule has 0 atom stereocenters. The summed E-state index contributed by atoms with van der Waals surface area (Å²) in [6.45, 7) is 0. The summed E-state index contributed by atoms with van der Waals surface area (Å²) in [5, 5.41) is 13.7. The number of aromatic carboxylic acids is 1. The highest BCUT2D eigenvalue weighted by Crippen LogP contribution is 2.45. The number of rotatable bonds is 7. The maximum Gasteiger partial charge on any atom is 0.335 e. The second-order valence-electron chi connectivity index (χ2n) is 7.70. The van der Waals surface area contributed by atoms with Crippen LogP contribution < -0.4 is 4.72 Å². The largest absolute Gasteiger partial charge is 0.478 e. The molecule has 156 valence electrons. The van der Waals surface area contributed by atoms with E-state index >= 15 is 0 Å². The summed E-state index contributed by atoms with van der Waals surface area (Å²) in [5.41, 5.74) is 5.57. The van der Waals surface area contributed by atoms with E-state index in [-0.39, 0.29) is 0 Å². The molecular weight excluding hydrogens is 408 g/mol. The predicted octanol–water partition coefficient (Wildman–Crippen LogP) is 5.57. The molecule has 2 N–H and O–H groups in total. The smallest absolute Gasteiger partial charge is 0.335 e. The van der Waals surface area contributed by atoms with Crippen LogP contribution in [-0.4, -0.2) is 25.4 Å². The molecule has 4 aromatic rings. The number of anilines is 1. The van der Waals surface area contributed by atoms with Gasteiger partial charge >= 0.3 is 5.97 Å². The van der Waals surface area contributed by atoms with Gasteiger partial charge < -0.3 is 14.4 Å². The van der Waals surface area contributed by atoms with Crippen molar-refractivity contribution in [3.8, 4) is 16.9 Å². The van der Waals surface area contributed by atoms with Crippen LogP contribution in [0, 0.1) is 0 Å². The normalized spacial score (nSPS) is 13.3. The molecule has 5 rings (SSSR count). The van der Waals surface area contributed by atoms with Crippen LogP contribution in [0.25, 0.3) is 16.9 Å². The van der Waals surface area contributed by atoms with Crippen molar-refractivity contribution in [3.63, 3.8) is 0 Å². The lowest BCUT2D eigenvalue weighted by molar-refractivity contribution is 0.0696. The monoisotopic (exact) mass is 430 g/mol. The van der Waals surface area contributed by atoms with Gasteiger partial charge in [0.2, 0.25) is 0 Å². The zero-order valence-electron chi connectivity index (χ0n) is 17.0. The molecule has 0 spiro atoms. The van der Waals surface area contributed by atoms with Crippen LogP contribution in [0.5, 0.6) is 0 Å². The van der Waals surface area contributed by atoms with Gasteiger partial charge in [-0.25, -0.2) is 4.79 Å². The third-order valence-electron chi connectivity index (χ3n) is 5.54. The molecule has 7 heteroatoms. The Morgan fingerprint density at radius 3 is 2.61 bits per heavy atom. The van der Waals surface area contributed by atoms with Crippen LogP contribution in [0.1, 0.15) is 34.7 Å². The highest BCUT2D eigenvalue weighted by atomic mass is 32.2. The third-order valence-corrected chi connectivity index (χ3v) is 6.44. The van der Waals surface area contributed by atoms with E-state index in [9.17, 15) is 9.90 Å². The van der Waals surface area contributed by atoms with E-state index in [4.69, 9.17) is 0 Å². The van der Waals surface area contributed by atoms with Gasteiger partial charge in [0.25, 0.3) is 0 Å². The standard InChI is InChI=1S/C24H22N4O2S/c1-27-21(10-11-25-27)17-7-9-22(28-12-2-3-13-28)20(14-17)26-31-23-15-18(24(29)30)6-8-19(23)16-4-5-16/h2-3,6-16,26H,4-5H2,1H3,(H,29,30). The number of benzene rings is 2. The van der Waals surface area contributed by atoms with Crippen molar-refractivity contribution in [2.45, 2.75) is 23.7 Å². The van der Waals surface area contributed by atoms with Gasteiger partial charge in [0.1, 0.15) is 0 Å². The second kappa shape index (κ2) is 8.00. The molecule has 2 aromatic carbocycles. The van der Waals surface area contributed by atoms with Crippen molar-refractivity contribution < 1.29 is 9.90 Å². The molecule has 0 radical (unpaired) electrons. The Kier molecular flexibility index (Phi) is 5.03. The van der Waals surface area contributed by atoms with E-state index in [1.165, 1.54) is 17.5 Å². The van der Waals surface area contributed by atoms with Gasteiger partial charge in [0.05, 0.1) is 22.6 Å². The minimum absolute atomic E-state index is 0.308. The Hall–Kier alpha value is -3.45. The summed E-state index contributed by atoms with van der Waals surface area (Å²) in [6, 6.07) is 17.7. The van der Waals surface area contributed by atoms with E-state index in [0.717, 1.165) is 40.4 Å². The fourth-order valence-corrected chi connectivity index (χ4v) is 4.67. The van der Waals surface area contributed by atoms with Crippen LogP contribution in [-0.2, 0) is 7.05 Å². The van der Waals surface area contributed by atoms with Crippen molar-refractivity contribution in [1.82, 2.24) is 14.3 Å². The summed E-state index contributed by atoms with van der Waals surface area (Å²) in [4.78, 5) is 12.5. The van der Waals surface area contributed by atoms with Gasteiger partial charge in [-0.05, 0) is 78.7 Å². The first-order valence-electron chi connectivity index (χ1n) is 10.2. The molecular formula is C24H22N4O2S. The lowest BCUT2D eigenvalue weighted by Gasteiger charge is -2.16. The summed E-state index contributed by atoms with van der Waals surface area (Å²) in [7, 11) is 1.93. The predicted molar refractivity (Wildman–Crippen MR) is 123 cm³/mol. The highest BCUT2D eigenvalue weighted by molar-refractivity contribution is 8.00. The first-order chi connectivity index (χ1) is 15.1. The van der Waals surface area contributed by atoms with Gasteiger partial charge in [0, 0.05) is 36.1 Å². The average molecular weight is 431 g/mol. The number of nitrogens with zero attached hydrogens (tertiary/aromatic N) is 3. The molecule has 1 fully saturated rings. The van der Waals surface area contributed by atoms with Gasteiger partial charge in [-0.2, -0.15) is 5.10 Å². The number of aryl methyl sites for hydroxylation is 1. The maximum atomic E-state index is 11.5. The summed E-state index contributed by atoms with van der Waals surface area (Å²) in [6.07, 6.45) is 8.12. The molecule has 0 unspecified atom stereocenters. The Bertz CT molecular complexity index is 1240. The Labute approximate surface area is 184 Å². The quantitative estimate of drug-likeness (QED) is 0.375. The lowest BCUT2D eigenvalue weighted by Crippen LogP contribution is -2.01. The van der Waals surface area contributed by atoms with Crippen LogP contribution in [0.4, 0.5) is 5.69 Å². The molecule has 1 aliphatic rings. The van der Waals surface area contributed by atoms with Gasteiger partial charge in [0.15, 0.2) is 0 Å². The second-order valence-corrected chi connectivity index (χ2v) is 8.55. The minimum Gasteiger partial charge on any atom is -0.478 e. The molecule has 1 aliphatic carbocycles. The minimum atomic E-state index is -0.907. The number of carboxylic acid groups (broad SMARTS) is 1. The van der Waals surface area contributed by atoms with Crippen LogP contribution in [0.15, 0.2) is 78.1 Å². The molecule has 31 heavy (non-hydrogen) atoms. The number of carboxylic acids is 1. The molecule has 2 heterocycles. The van der Waals surface area contributed by atoms with E-state index in [1.54, 1.807) is 18.3 Å². The molecule has 6 nitrogen and oxygen atoms in total.